The molecule has 31 heavy (non-hydrogen) atoms. The lowest BCUT2D eigenvalue weighted by molar-refractivity contribution is -0.384. The third-order valence-electron chi connectivity index (χ3n) is 5.28. The lowest BCUT2D eigenvalue weighted by atomic mass is 10.0. The normalized spacial score (nSPS) is 11.4. The minimum Gasteiger partial charge on any atom is -0.258 e. The topological polar surface area (TPSA) is 102 Å². The number of pyridine rings is 1. The van der Waals surface area contributed by atoms with Crippen LogP contribution in [-0.4, -0.2) is 18.3 Å². The van der Waals surface area contributed by atoms with Crippen molar-refractivity contribution in [3.63, 3.8) is 0 Å². The van der Waals surface area contributed by atoms with Crippen molar-refractivity contribution in [3.05, 3.63) is 58.3 Å². The van der Waals surface area contributed by atoms with Crippen LogP contribution in [0.15, 0.2) is 47.5 Å². The highest BCUT2D eigenvalue weighted by molar-refractivity contribution is 7.92. The van der Waals surface area contributed by atoms with Crippen LogP contribution in [-0.2, 0) is 16.4 Å². The van der Waals surface area contributed by atoms with Gasteiger partial charge in [0.2, 0.25) is 5.82 Å². The van der Waals surface area contributed by atoms with E-state index in [9.17, 15) is 18.5 Å². The number of hydrogen-bond donors (Lipinski definition) is 1. The summed E-state index contributed by atoms with van der Waals surface area (Å²) in [4.78, 5) is 14.5. The molecule has 0 aliphatic rings. The summed E-state index contributed by atoms with van der Waals surface area (Å²) in [5, 5.41) is 11.2. The number of sulfonamides is 1. The fourth-order valence-electron chi connectivity index (χ4n) is 3.58. The molecule has 8 heteroatoms. The summed E-state index contributed by atoms with van der Waals surface area (Å²) in [5.41, 5.74) is 0.339. The van der Waals surface area contributed by atoms with E-state index in [0.717, 1.165) is 19.3 Å². The first-order valence-electron chi connectivity index (χ1n) is 11.2. The Balaban J connectivity index is 1.89. The monoisotopic (exact) mass is 447 g/mol. The second kappa shape index (κ2) is 13.0. The minimum atomic E-state index is -3.98. The van der Waals surface area contributed by atoms with Crippen molar-refractivity contribution in [2.75, 3.05) is 4.72 Å². The Labute approximate surface area is 185 Å². The summed E-state index contributed by atoms with van der Waals surface area (Å²) in [5.74, 6) is -0.277. The Bertz CT molecular complexity index is 932. The number of nitrogens with zero attached hydrogens (tertiary/aromatic N) is 2. The molecule has 1 heterocycles. The molecule has 0 amide bonds. The summed E-state index contributed by atoms with van der Waals surface area (Å²) in [6, 6.07) is 9.42. The van der Waals surface area contributed by atoms with Gasteiger partial charge in [-0.2, -0.15) is 0 Å². The third-order valence-corrected chi connectivity index (χ3v) is 6.72. The number of aromatic nitrogens is 1. The van der Waals surface area contributed by atoms with Crippen LogP contribution < -0.4 is 4.72 Å². The van der Waals surface area contributed by atoms with E-state index in [1.807, 2.05) is 6.07 Å². The maximum atomic E-state index is 12.9. The molecule has 0 atom stereocenters. The second-order valence-electron chi connectivity index (χ2n) is 7.77. The molecule has 0 saturated heterocycles. The Morgan fingerprint density at radius 3 is 2.16 bits per heavy atom. The van der Waals surface area contributed by atoms with Crippen LogP contribution in [0.1, 0.15) is 76.7 Å². The van der Waals surface area contributed by atoms with E-state index in [0.29, 0.717) is 12.0 Å². The number of benzene rings is 1. The van der Waals surface area contributed by atoms with Crippen LogP contribution in [0.3, 0.4) is 0 Å². The zero-order chi connectivity index (χ0) is 22.5. The molecule has 170 valence electrons. The molecule has 0 aliphatic carbocycles. The summed E-state index contributed by atoms with van der Waals surface area (Å²) < 4.78 is 28.1. The zero-order valence-corrected chi connectivity index (χ0v) is 19.1. The third kappa shape index (κ3) is 8.28. The molecular formula is C23H33N3O4S. The fraction of sp³-hybridized carbons (Fsp3) is 0.522. The van der Waals surface area contributed by atoms with Crippen LogP contribution in [0.4, 0.5) is 11.5 Å². The van der Waals surface area contributed by atoms with E-state index in [-0.39, 0.29) is 16.4 Å². The molecule has 0 spiro atoms. The highest BCUT2D eigenvalue weighted by Gasteiger charge is 2.23. The standard InChI is InChI=1S/C23H33N3O4S/c1-2-3-4-5-6-7-8-9-10-11-15-20-16-12-13-18-22(20)31(29,30)25-23-21(26(27)28)17-14-19-24-23/h12-14,16-19H,2-11,15H2,1H3,(H,24,25). The summed E-state index contributed by atoms with van der Waals surface area (Å²) in [7, 11) is -3.98. The first-order chi connectivity index (χ1) is 15.0. The van der Waals surface area contributed by atoms with Gasteiger partial charge in [0.15, 0.2) is 0 Å². The molecule has 1 aromatic heterocycles. The maximum absolute atomic E-state index is 12.9. The van der Waals surface area contributed by atoms with Crippen molar-refractivity contribution in [3.8, 4) is 0 Å². The van der Waals surface area contributed by atoms with Gasteiger partial charge in [-0.05, 0) is 30.5 Å². The zero-order valence-electron chi connectivity index (χ0n) is 18.3. The molecule has 1 aromatic carbocycles. The van der Waals surface area contributed by atoms with Gasteiger partial charge in [0, 0.05) is 12.3 Å². The van der Waals surface area contributed by atoms with E-state index in [1.54, 1.807) is 12.1 Å². The van der Waals surface area contributed by atoms with Crippen molar-refractivity contribution in [2.24, 2.45) is 0 Å². The van der Waals surface area contributed by atoms with Crippen LogP contribution in [0.5, 0.6) is 0 Å². The van der Waals surface area contributed by atoms with Gasteiger partial charge in [0.1, 0.15) is 0 Å². The minimum absolute atomic E-state index is 0.144. The Morgan fingerprint density at radius 2 is 1.52 bits per heavy atom. The molecule has 1 N–H and O–H groups in total. The average molecular weight is 448 g/mol. The molecule has 0 radical (unpaired) electrons. The summed E-state index contributed by atoms with van der Waals surface area (Å²) in [6.07, 6.45) is 14.1. The predicted molar refractivity (Wildman–Crippen MR) is 124 cm³/mol. The number of anilines is 1. The van der Waals surface area contributed by atoms with Crippen molar-refractivity contribution in [2.45, 2.75) is 82.4 Å². The summed E-state index contributed by atoms with van der Waals surface area (Å²) in [6.45, 7) is 2.22. The lowest BCUT2D eigenvalue weighted by Gasteiger charge is -2.12. The Morgan fingerprint density at radius 1 is 0.903 bits per heavy atom. The Hall–Kier alpha value is -2.48. The SMILES string of the molecule is CCCCCCCCCCCCc1ccccc1S(=O)(=O)Nc1ncccc1[N+](=O)[O-]. The van der Waals surface area contributed by atoms with Gasteiger partial charge in [0.25, 0.3) is 10.0 Å². The van der Waals surface area contributed by atoms with Gasteiger partial charge in [-0.25, -0.2) is 13.4 Å². The van der Waals surface area contributed by atoms with Crippen molar-refractivity contribution >= 4 is 21.5 Å². The van der Waals surface area contributed by atoms with Gasteiger partial charge >= 0.3 is 5.69 Å². The molecule has 7 nitrogen and oxygen atoms in total. The summed E-state index contributed by atoms with van der Waals surface area (Å²) >= 11 is 0. The van der Waals surface area contributed by atoms with Gasteiger partial charge in [0.05, 0.1) is 9.82 Å². The molecule has 0 fully saturated rings. The fourth-order valence-corrected chi connectivity index (χ4v) is 4.88. The Kier molecular flexibility index (Phi) is 10.4. The van der Waals surface area contributed by atoms with Crippen LogP contribution in [0.25, 0.3) is 0 Å². The highest BCUT2D eigenvalue weighted by atomic mass is 32.2. The predicted octanol–water partition coefficient (Wildman–Crippen LogP) is 6.25. The van der Waals surface area contributed by atoms with Crippen LogP contribution in [0.2, 0.25) is 0 Å². The highest BCUT2D eigenvalue weighted by Crippen LogP contribution is 2.26. The van der Waals surface area contributed by atoms with E-state index < -0.39 is 14.9 Å². The number of hydrogen-bond acceptors (Lipinski definition) is 5. The van der Waals surface area contributed by atoms with Crippen LogP contribution >= 0.6 is 0 Å². The van der Waals surface area contributed by atoms with E-state index in [1.165, 1.54) is 69.3 Å². The number of aryl methyl sites for hydroxylation is 1. The van der Waals surface area contributed by atoms with Gasteiger partial charge in [-0.15, -0.1) is 0 Å². The van der Waals surface area contributed by atoms with E-state index >= 15 is 0 Å². The number of rotatable bonds is 15. The van der Waals surface area contributed by atoms with Crippen molar-refractivity contribution in [1.82, 2.24) is 4.98 Å². The average Bonchev–Trinajstić information content (AvgIpc) is 2.75. The molecule has 0 saturated carbocycles. The van der Waals surface area contributed by atoms with Gasteiger partial charge < -0.3 is 0 Å². The lowest BCUT2D eigenvalue weighted by Crippen LogP contribution is -2.17. The molecule has 2 rings (SSSR count). The van der Waals surface area contributed by atoms with Crippen molar-refractivity contribution in [1.29, 1.82) is 0 Å². The molecule has 2 aromatic rings. The molecular weight excluding hydrogens is 414 g/mol. The maximum Gasteiger partial charge on any atom is 0.312 e. The second-order valence-corrected chi connectivity index (χ2v) is 9.42. The molecule has 0 bridgehead atoms. The first-order valence-corrected chi connectivity index (χ1v) is 12.6. The molecule has 0 unspecified atom stereocenters. The molecule has 0 aliphatic heterocycles. The van der Waals surface area contributed by atoms with E-state index in [4.69, 9.17) is 0 Å². The van der Waals surface area contributed by atoms with E-state index in [2.05, 4.69) is 16.6 Å². The number of nitrogens with one attached hydrogen (secondary N) is 1. The van der Waals surface area contributed by atoms with Gasteiger partial charge in [-0.1, -0.05) is 82.9 Å². The largest absolute Gasteiger partial charge is 0.312 e. The van der Waals surface area contributed by atoms with Crippen molar-refractivity contribution < 1.29 is 13.3 Å². The number of nitro groups is 1. The van der Waals surface area contributed by atoms with Gasteiger partial charge in [-0.3, -0.25) is 14.8 Å². The quantitative estimate of drug-likeness (QED) is 0.197. The first kappa shape index (κ1) is 24.8. The smallest absolute Gasteiger partial charge is 0.258 e. The van der Waals surface area contributed by atoms with Crippen LogP contribution in [0, 0.1) is 10.1 Å². The number of unbranched alkanes of at least 4 members (excludes halogenated alkanes) is 9.